The molecule has 0 atom stereocenters. The fraction of sp³-hybridized carbons (Fsp3) is 0.167. The summed E-state index contributed by atoms with van der Waals surface area (Å²) in [6.07, 6.45) is 0. The van der Waals surface area contributed by atoms with E-state index in [2.05, 4.69) is 41.2 Å². The third kappa shape index (κ3) is 3.20. The van der Waals surface area contributed by atoms with Gasteiger partial charge in [-0.2, -0.15) is 0 Å². The van der Waals surface area contributed by atoms with Gasteiger partial charge in [0, 0.05) is 18.5 Å². The average Bonchev–Trinajstić information content (AvgIpc) is 2.49. The number of hydrogen-bond donors (Lipinski definition) is 1. The van der Waals surface area contributed by atoms with Crippen LogP contribution in [0.1, 0.15) is 11.3 Å². The van der Waals surface area contributed by atoms with E-state index in [1.165, 1.54) is 5.56 Å². The summed E-state index contributed by atoms with van der Waals surface area (Å²) in [5.74, 6) is 0.236. The number of fused-ring (bicyclic) bond motifs is 1. The van der Waals surface area contributed by atoms with Crippen molar-refractivity contribution in [1.82, 2.24) is 9.88 Å². The molecule has 2 aromatic carbocycles. The van der Waals surface area contributed by atoms with Crippen molar-refractivity contribution in [3.63, 3.8) is 0 Å². The first-order valence-corrected chi connectivity index (χ1v) is 7.02. The lowest BCUT2D eigenvalue weighted by molar-refractivity contribution is 0.315. The number of aromatic hydroxyl groups is 1. The Labute approximate surface area is 124 Å². The summed E-state index contributed by atoms with van der Waals surface area (Å²) in [5.41, 5.74) is 2.91. The highest BCUT2D eigenvalue weighted by Crippen LogP contribution is 2.22. The van der Waals surface area contributed by atoms with E-state index in [0.29, 0.717) is 5.52 Å². The maximum Gasteiger partial charge on any atom is 0.141 e. The van der Waals surface area contributed by atoms with Crippen molar-refractivity contribution in [2.24, 2.45) is 0 Å². The molecule has 3 rings (SSSR count). The number of nitrogens with zero attached hydrogens (tertiary/aromatic N) is 2. The lowest BCUT2D eigenvalue weighted by Gasteiger charge is -2.16. The molecule has 1 N–H and O–H groups in total. The third-order valence-electron chi connectivity index (χ3n) is 3.48. The summed E-state index contributed by atoms with van der Waals surface area (Å²) in [5, 5.41) is 10.9. The minimum atomic E-state index is 0.236. The molecule has 1 heterocycles. The first-order valence-electron chi connectivity index (χ1n) is 7.02. The molecule has 3 heteroatoms. The van der Waals surface area contributed by atoms with Crippen LogP contribution < -0.4 is 0 Å². The number of benzene rings is 2. The van der Waals surface area contributed by atoms with E-state index < -0.39 is 0 Å². The lowest BCUT2D eigenvalue weighted by Crippen LogP contribution is -2.17. The Morgan fingerprint density at radius 2 is 1.71 bits per heavy atom. The van der Waals surface area contributed by atoms with Gasteiger partial charge in [-0.05, 0) is 24.7 Å². The fourth-order valence-electron chi connectivity index (χ4n) is 2.49. The van der Waals surface area contributed by atoms with Gasteiger partial charge in [0.15, 0.2) is 0 Å². The topological polar surface area (TPSA) is 36.4 Å². The van der Waals surface area contributed by atoms with Gasteiger partial charge in [-0.15, -0.1) is 0 Å². The first-order chi connectivity index (χ1) is 10.2. The van der Waals surface area contributed by atoms with Crippen molar-refractivity contribution >= 4 is 10.9 Å². The number of rotatable bonds is 4. The van der Waals surface area contributed by atoms with Crippen LogP contribution in [0.4, 0.5) is 0 Å². The Bertz CT molecular complexity index is 741. The SMILES string of the molecule is CN(Cc1ccccc1)Cc1ccc2cccc(O)c2n1. The quantitative estimate of drug-likeness (QED) is 0.792. The van der Waals surface area contributed by atoms with Crippen molar-refractivity contribution in [1.29, 1.82) is 0 Å². The normalized spacial score (nSPS) is 11.1. The van der Waals surface area contributed by atoms with E-state index in [9.17, 15) is 5.11 Å². The molecule has 0 radical (unpaired) electrons. The Balaban J connectivity index is 1.77. The molecule has 3 nitrogen and oxygen atoms in total. The molecule has 0 aliphatic carbocycles. The average molecular weight is 278 g/mol. The van der Waals surface area contributed by atoms with Crippen molar-refractivity contribution in [2.45, 2.75) is 13.1 Å². The van der Waals surface area contributed by atoms with Crippen LogP contribution in [0.3, 0.4) is 0 Å². The monoisotopic (exact) mass is 278 g/mol. The molecule has 0 saturated carbocycles. The third-order valence-corrected chi connectivity index (χ3v) is 3.48. The molecular weight excluding hydrogens is 260 g/mol. The number of pyridine rings is 1. The predicted octanol–water partition coefficient (Wildman–Crippen LogP) is 3.57. The Morgan fingerprint density at radius 3 is 2.52 bits per heavy atom. The number of para-hydroxylation sites is 1. The number of phenolic OH excluding ortho intramolecular Hbond substituents is 1. The number of hydrogen-bond acceptors (Lipinski definition) is 3. The van der Waals surface area contributed by atoms with E-state index in [-0.39, 0.29) is 5.75 Å². The molecule has 0 bridgehead atoms. The molecule has 0 fully saturated rings. The second-order valence-electron chi connectivity index (χ2n) is 5.31. The molecule has 0 unspecified atom stereocenters. The lowest BCUT2D eigenvalue weighted by atomic mass is 10.2. The second kappa shape index (κ2) is 5.94. The van der Waals surface area contributed by atoms with Crippen molar-refractivity contribution < 1.29 is 5.11 Å². The van der Waals surface area contributed by atoms with Gasteiger partial charge >= 0.3 is 0 Å². The van der Waals surface area contributed by atoms with Gasteiger partial charge in [-0.1, -0.05) is 48.5 Å². The van der Waals surface area contributed by atoms with Gasteiger partial charge in [0.1, 0.15) is 11.3 Å². The largest absolute Gasteiger partial charge is 0.506 e. The smallest absolute Gasteiger partial charge is 0.141 e. The Hall–Kier alpha value is -2.39. The molecule has 0 aliphatic rings. The summed E-state index contributed by atoms with van der Waals surface area (Å²) in [4.78, 5) is 6.78. The second-order valence-corrected chi connectivity index (χ2v) is 5.31. The summed E-state index contributed by atoms with van der Waals surface area (Å²) in [6, 6.07) is 19.9. The summed E-state index contributed by atoms with van der Waals surface area (Å²) in [6.45, 7) is 1.63. The van der Waals surface area contributed by atoms with Crippen LogP contribution in [-0.2, 0) is 13.1 Å². The zero-order valence-electron chi connectivity index (χ0n) is 12.0. The minimum Gasteiger partial charge on any atom is -0.506 e. The predicted molar refractivity (Wildman–Crippen MR) is 85.0 cm³/mol. The zero-order chi connectivity index (χ0) is 14.7. The highest BCUT2D eigenvalue weighted by molar-refractivity contribution is 5.84. The summed E-state index contributed by atoms with van der Waals surface area (Å²) in [7, 11) is 2.07. The van der Waals surface area contributed by atoms with Crippen LogP contribution in [0.25, 0.3) is 10.9 Å². The van der Waals surface area contributed by atoms with Crippen LogP contribution in [0, 0.1) is 0 Å². The summed E-state index contributed by atoms with van der Waals surface area (Å²) >= 11 is 0. The first kappa shape index (κ1) is 13.6. The van der Waals surface area contributed by atoms with E-state index in [1.54, 1.807) is 6.07 Å². The van der Waals surface area contributed by atoms with E-state index >= 15 is 0 Å². The Kier molecular flexibility index (Phi) is 3.84. The number of aromatic nitrogens is 1. The molecule has 106 valence electrons. The van der Waals surface area contributed by atoms with Gasteiger partial charge in [0.05, 0.1) is 5.69 Å². The molecule has 0 spiro atoms. The molecule has 0 aliphatic heterocycles. The minimum absolute atomic E-state index is 0.236. The maximum absolute atomic E-state index is 9.89. The van der Waals surface area contributed by atoms with E-state index in [1.807, 2.05) is 30.3 Å². The van der Waals surface area contributed by atoms with Crippen LogP contribution in [0.2, 0.25) is 0 Å². The number of phenols is 1. The highest BCUT2D eigenvalue weighted by atomic mass is 16.3. The van der Waals surface area contributed by atoms with Crippen LogP contribution in [0.5, 0.6) is 5.75 Å². The van der Waals surface area contributed by atoms with Crippen molar-refractivity contribution in [3.05, 3.63) is 71.9 Å². The van der Waals surface area contributed by atoms with Gasteiger partial charge in [-0.25, -0.2) is 4.98 Å². The maximum atomic E-state index is 9.89. The highest BCUT2D eigenvalue weighted by Gasteiger charge is 2.06. The standard InChI is InChI=1S/C18H18N2O/c1-20(12-14-6-3-2-4-7-14)13-16-11-10-15-8-5-9-17(21)18(15)19-16/h2-11,21H,12-13H2,1H3. The Morgan fingerprint density at radius 1 is 0.905 bits per heavy atom. The van der Waals surface area contributed by atoms with Crippen LogP contribution >= 0.6 is 0 Å². The van der Waals surface area contributed by atoms with Crippen LogP contribution in [0.15, 0.2) is 60.7 Å². The molecule has 3 aromatic rings. The zero-order valence-corrected chi connectivity index (χ0v) is 12.0. The van der Waals surface area contributed by atoms with Gasteiger partial charge in [-0.3, -0.25) is 4.90 Å². The summed E-state index contributed by atoms with van der Waals surface area (Å²) < 4.78 is 0. The molecule has 0 saturated heterocycles. The van der Waals surface area contributed by atoms with Gasteiger partial charge < -0.3 is 5.11 Å². The van der Waals surface area contributed by atoms with E-state index in [0.717, 1.165) is 24.2 Å². The molecule has 1 aromatic heterocycles. The molecule has 21 heavy (non-hydrogen) atoms. The van der Waals surface area contributed by atoms with Crippen molar-refractivity contribution in [3.8, 4) is 5.75 Å². The van der Waals surface area contributed by atoms with E-state index in [4.69, 9.17) is 0 Å². The molecule has 0 amide bonds. The van der Waals surface area contributed by atoms with Crippen LogP contribution in [-0.4, -0.2) is 22.0 Å². The fourth-order valence-corrected chi connectivity index (χ4v) is 2.49. The molecular formula is C18H18N2O. The van der Waals surface area contributed by atoms with Gasteiger partial charge in [0.25, 0.3) is 0 Å². The van der Waals surface area contributed by atoms with Crippen molar-refractivity contribution in [2.75, 3.05) is 7.05 Å². The van der Waals surface area contributed by atoms with Gasteiger partial charge in [0.2, 0.25) is 0 Å².